The van der Waals surface area contributed by atoms with E-state index in [9.17, 15) is 13.2 Å². The number of benzene rings is 2. The van der Waals surface area contributed by atoms with Crippen LogP contribution in [0.2, 0.25) is 0 Å². The van der Waals surface area contributed by atoms with Gasteiger partial charge in [0.15, 0.2) is 11.5 Å². The van der Waals surface area contributed by atoms with E-state index in [0.29, 0.717) is 22.7 Å². The van der Waals surface area contributed by atoms with Crippen LogP contribution in [0.4, 0.5) is 21.6 Å². The maximum atomic E-state index is 14.2. The van der Waals surface area contributed by atoms with Crippen LogP contribution < -0.4 is 11.1 Å². The maximum absolute atomic E-state index is 14.2. The third kappa shape index (κ3) is 4.13. The molecule has 4 aromatic rings. The van der Waals surface area contributed by atoms with E-state index in [2.05, 4.69) is 25.3 Å². The van der Waals surface area contributed by atoms with E-state index < -0.39 is 27.8 Å². The third-order valence-electron chi connectivity index (χ3n) is 4.60. The molecule has 3 N–H and O–H groups in total. The van der Waals surface area contributed by atoms with Gasteiger partial charge in [-0.2, -0.15) is 0 Å². The van der Waals surface area contributed by atoms with Gasteiger partial charge in [0.05, 0.1) is 23.0 Å². The molecule has 4 rings (SSSR count). The number of anilines is 2. The first-order chi connectivity index (χ1) is 15.0. The number of nitrogens with one attached hydrogen (secondary N) is 1. The molecule has 0 radical (unpaired) electrons. The molecular formula is C20H17FN7O2S-. The van der Waals surface area contributed by atoms with Gasteiger partial charge in [0.1, 0.15) is 23.5 Å². The molecule has 2 atom stereocenters. The molecule has 31 heavy (non-hydrogen) atoms. The number of aliphatic imine (C=N–C) groups is 1. The monoisotopic (exact) mass is 438 g/mol. The number of halogens is 1. The number of hydrogen-bond donors (Lipinski definition) is 2. The molecule has 2 unspecified atom stereocenters. The van der Waals surface area contributed by atoms with Crippen LogP contribution in [-0.2, 0) is 11.1 Å². The molecule has 9 nitrogen and oxygen atoms in total. The van der Waals surface area contributed by atoms with Crippen molar-refractivity contribution in [3.63, 3.8) is 0 Å². The Kier molecular flexibility index (Phi) is 5.69. The Balaban J connectivity index is 1.85. The Bertz CT molecular complexity index is 1290. The third-order valence-corrected chi connectivity index (χ3v) is 5.34. The second-order valence-electron chi connectivity index (χ2n) is 6.57. The number of fused-ring (bicyclic) bond motifs is 1. The molecule has 0 aliphatic heterocycles. The summed E-state index contributed by atoms with van der Waals surface area (Å²) in [4.78, 5) is 16.4. The number of aromatic nitrogens is 4. The first-order valence-corrected chi connectivity index (χ1v) is 10.2. The first kappa shape index (κ1) is 20.6. The van der Waals surface area contributed by atoms with Crippen molar-refractivity contribution in [2.45, 2.75) is 17.9 Å². The molecule has 0 aliphatic rings. The van der Waals surface area contributed by atoms with Crippen molar-refractivity contribution in [3.8, 4) is 0 Å². The zero-order valence-electron chi connectivity index (χ0n) is 16.3. The zero-order chi connectivity index (χ0) is 22.0. The van der Waals surface area contributed by atoms with Gasteiger partial charge in [0.25, 0.3) is 0 Å². The van der Waals surface area contributed by atoms with Gasteiger partial charge in [0.2, 0.25) is 0 Å². The highest BCUT2D eigenvalue weighted by atomic mass is 32.2. The van der Waals surface area contributed by atoms with Crippen molar-refractivity contribution in [1.29, 1.82) is 0 Å². The molecule has 11 heteroatoms. The summed E-state index contributed by atoms with van der Waals surface area (Å²) < 4.78 is 39.1. The average molecular weight is 438 g/mol. The van der Waals surface area contributed by atoms with Gasteiger partial charge < -0.3 is 20.2 Å². The van der Waals surface area contributed by atoms with Crippen molar-refractivity contribution < 1.29 is 13.2 Å². The highest BCUT2D eigenvalue weighted by Gasteiger charge is 2.19. The Hall–Kier alpha value is -3.70. The van der Waals surface area contributed by atoms with E-state index >= 15 is 0 Å². The summed E-state index contributed by atoms with van der Waals surface area (Å²) in [5.74, 6) is -0.297. The minimum absolute atomic E-state index is 0.0304. The van der Waals surface area contributed by atoms with E-state index in [1.807, 2.05) is 37.3 Å². The largest absolute Gasteiger partial charge is 0.768 e. The summed E-state index contributed by atoms with van der Waals surface area (Å²) in [5.41, 5.74) is 7.48. The lowest BCUT2D eigenvalue weighted by atomic mass is 10.2. The lowest BCUT2D eigenvalue weighted by molar-refractivity contribution is 0.523. The van der Waals surface area contributed by atoms with Crippen molar-refractivity contribution in [3.05, 3.63) is 67.0 Å². The lowest BCUT2D eigenvalue weighted by Crippen LogP contribution is -2.24. The van der Waals surface area contributed by atoms with Crippen LogP contribution in [0.1, 0.15) is 13.0 Å². The second-order valence-corrected chi connectivity index (χ2v) is 7.45. The fourth-order valence-electron chi connectivity index (χ4n) is 3.06. The van der Waals surface area contributed by atoms with Crippen molar-refractivity contribution in [2.24, 2.45) is 4.99 Å². The van der Waals surface area contributed by atoms with Crippen LogP contribution in [0.5, 0.6) is 0 Å². The molecule has 2 heterocycles. The first-order valence-electron chi connectivity index (χ1n) is 9.17. The topological polar surface area (TPSA) is 134 Å². The normalized spacial score (nSPS) is 13.8. The molecule has 0 fully saturated rings. The Labute approximate surface area is 179 Å². The molecule has 0 saturated carbocycles. The highest BCUT2D eigenvalue weighted by molar-refractivity contribution is 7.79. The van der Waals surface area contributed by atoms with E-state index in [0.717, 1.165) is 6.07 Å². The number of imidazole rings is 1. The van der Waals surface area contributed by atoms with Crippen molar-refractivity contribution in [1.82, 2.24) is 19.5 Å². The summed E-state index contributed by atoms with van der Waals surface area (Å²) in [6.45, 7) is 1.82. The lowest BCUT2D eigenvalue weighted by Gasteiger charge is -2.20. The van der Waals surface area contributed by atoms with Gasteiger partial charge in [-0.15, -0.1) is 0 Å². The summed E-state index contributed by atoms with van der Waals surface area (Å²) >= 11 is -2.81. The van der Waals surface area contributed by atoms with Gasteiger partial charge in [0, 0.05) is 5.69 Å². The van der Waals surface area contributed by atoms with E-state index in [1.165, 1.54) is 18.5 Å². The van der Waals surface area contributed by atoms with Crippen molar-refractivity contribution in [2.75, 3.05) is 11.1 Å². The molecule has 2 aromatic carbocycles. The van der Waals surface area contributed by atoms with Gasteiger partial charge in [-0.05, 0) is 42.3 Å². The van der Waals surface area contributed by atoms with Crippen LogP contribution in [0.15, 0.2) is 71.1 Å². The molecule has 158 valence electrons. The quantitative estimate of drug-likeness (QED) is 0.278. The molecule has 0 saturated heterocycles. The van der Waals surface area contributed by atoms with Crippen LogP contribution in [0, 0.1) is 5.82 Å². The van der Waals surface area contributed by atoms with Gasteiger partial charge in [-0.3, -0.25) is 4.21 Å². The molecule has 2 aromatic heterocycles. The van der Waals surface area contributed by atoms with Crippen molar-refractivity contribution >= 4 is 45.3 Å². The van der Waals surface area contributed by atoms with Crippen LogP contribution in [0.3, 0.4) is 0 Å². The Morgan fingerprint density at radius 2 is 1.97 bits per heavy atom. The van der Waals surface area contributed by atoms with Gasteiger partial charge >= 0.3 is 0 Å². The number of nitrogens with two attached hydrogens (primary N) is 1. The SMILES string of the molecule is CC(C(=Nc1cccc(F)c1S(=O)[O-])Nc1ccccc1)n1cnc2c(N)ncnc21. The second kappa shape index (κ2) is 8.58. The van der Waals surface area contributed by atoms with Gasteiger partial charge in [-0.25, -0.2) is 24.3 Å². The van der Waals surface area contributed by atoms with E-state index in [-0.39, 0.29) is 11.5 Å². The molecule has 0 bridgehead atoms. The fraction of sp³-hybridized carbons (Fsp3) is 0.100. The molecule has 0 amide bonds. The van der Waals surface area contributed by atoms with E-state index in [1.54, 1.807) is 10.9 Å². The predicted octanol–water partition coefficient (Wildman–Crippen LogP) is 3.19. The number of rotatable bonds is 5. The van der Waals surface area contributed by atoms with Gasteiger partial charge in [-0.1, -0.05) is 24.3 Å². The van der Waals surface area contributed by atoms with Crippen LogP contribution in [-0.4, -0.2) is 34.1 Å². The number of nitrogen functional groups attached to an aromatic ring is 1. The number of para-hydroxylation sites is 1. The Morgan fingerprint density at radius 1 is 1.19 bits per heavy atom. The van der Waals surface area contributed by atoms with E-state index in [4.69, 9.17) is 5.73 Å². The smallest absolute Gasteiger partial charge is 0.166 e. The summed E-state index contributed by atoms with van der Waals surface area (Å²) in [5, 5.41) is 3.18. The van der Waals surface area contributed by atoms with Crippen LogP contribution >= 0.6 is 0 Å². The molecule has 0 spiro atoms. The number of nitrogens with zero attached hydrogens (tertiary/aromatic N) is 5. The Morgan fingerprint density at radius 3 is 2.71 bits per heavy atom. The minimum Gasteiger partial charge on any atom is -0.768 e. The molecular weight excluding hydrogens is 421 g/mol. The average Bonchev–Trinajstić information content (AvgIpc) is 3.19. The summed E-state index contributed by atoms with van der Waals surface area (Å²) in [6.07, 6.45) is 2.87. The zero-order valence-corrected chi connectivity index (χ0v) is 17.1. The number of amidine groups is 1. The predicted molar refractivity (Wildman–Crippen MR) is 115 cm³/mol. The number of hydrogen-bond acceptors (Lipinski definition) is 7. The molecule has 0 aliphatic carbocycles. The highest BCUT2D eigenvalue weighted by Crippen LogP contribution is 2.28. The summed E-state index contributed by atoms with van der Waals surface area (Å²) in [7, 11) is 0. The maximum Gasteiger partial charge on any atom is 0.166 e. The summed E-state index contributed by atoms with van der Waals surface area (Å²) in [6, 6.07) is 12.6. The fourth-order valence-corrected chi connectivity index (χ4v) is 3.57. The minimum atomic E-state index is -2.81. The standard InChI is InChI=1S/C20H18FN7O2S/c1-12(28-11-25-16-18(22)23-10-24-20(16)28)19(26-13-6-3-2-4-7-13)27-15-9-5-8-14(21)17(15)31(29)30/h2-12H,1H3,(H,26,27)(H,29,30)(H2,22,23,24)/p-1. The van der Waals surface area contributed by atoms with Crippen LogP contribution in [0.25, 0.3) is 11.2 Å².